The number of nitrogens with one attached hydrogen (secondary N) is 1. The third-order valence-electron chi connectivity index (χ3n) is 3.14. The number of imidazole rings is 1. The molecule has 20 heavy (non-hydrogen) atoms. The highest BCUT2D eigenvalue weighted by Crippen LogP contribution is 2.33. The molecule has 0 radical (unpaired) electrons. The maximum absolute atomic E-state index is 5.95. The Hall–Kier alpha value is -1.66. The van der Waals surface area contributed by atoms with E-state index in [-0.39, 0.29) is 0 Å². The summed E-state index contributed by atoms with van der Waals surface area (Å²) in [5.74, 6) is 0.514. The molecule has 1 aliphatic heterocycles. The van der Waals surface area contributed by atoms with Crippen LogP contribution in [0, 0.1) is 0 Å². The Morgan fingerprint density at radius 1 is 1.45 bits per heavy atom. The molecule has 0 saturated heterocycles. The van der Waals surface area contributed by atoms with E-state index < -0.39 is 0 Å². The minimum absolute atomic E-state index is 0.383. The standard InChI is InChI=1S/C13H11ClN4OS/c1-2-11-17-18-6-9(16-13(18)20-11)12-15-8-4-3-7(14)5-10(8)19-12/h3-6,11,17H,2H2,1H3. The summed E-state index contributed by atoms with van der Waals surface area (Å²) in [4.78, 5) is 8.99. The predicted octanol–water partition coefficient (Wildman–Crippen LogP) is 3.73. The highest BCUT2D eigenvalue weighted by Gasteiger charge is 2.24. The van der Waals surface area contributed by atoms with Crippen molar-refractivity contribution in [3.8, 4) is 11.6 Å². The number of hydrogen-bond acceptors (Lipinski definition) is 5. The van der Waals surface area contributed by atoms with Crippen molar-refractivity contribution >= 4 is 34.5 Å². The summed E-state index contributed by atoms with van der Waals surface area (Å²) in [6.07, 6.45) is 2.95. The van der Waals surface area contributed by atoms with Crippen molar-refractivity contribution in [2.75, 3.05) is 5.43 Å². The summed E-state index contributed by atoms with van der Waals surface area (Å²) in [6, 6.07) is 5.40. The smallest absolute Gasteiger partial charge is 0.247 e. The SMILES string of the molecule is CCC1Nn2cc(-c3nc4ccc(Cl)cc4o3)nc2S1. The van der Waals surface area contributed by atoms with Crippen molar-refractivity contribution in [1.82, 2.24) is 14.6 Å². The lowest BCUT2D eigenvalue weighted by atomic mass is 10.3. The van der Waals surface area contributed by atoms with Crippen LogP contribution in [0.4, 0.5) is 0 Å². The maximum atomic E-state index is 5.95. The zero-order valence-electron chi connectivity index (χ0n) is 10.6. The van der Waals surface area contributed by atoms with Crippen molar-refractivity contribution in [1.29, 1.82) is 0 Å². The predicted molar refractivity (Wildman–Crippen MR) is 79.5 cm³/mol. The number of hydrogen-bond donors (Lipinski definition) is 1. The van der Waals surface area contributed by atoms with Crippen LogP contribution in [0.2, 0.25) is 5.02 Å². The Morgan fingerprint density at radius 3 is 3.15 bits per heavy atom. The zero-order chi connectivity index (χ0) is 13.7. The second-order valence-electron chi connectivity index (χ2n) is 4.55. The molecular formula is C13H11ClN4OS. The van der Waals surface area contributed by atoms with E-state index in [0.717, 1.165) is 22.8 Å². The zero-order valence-corrected chi connectivity index (χ0v) is 12.2. The van der Waals surface area contributed by atoms with E-state index in [9.17, 15) is 0 Å². The second kappa shape index (κ2) is 4.43. The topological polar surface area (TPSA) is 55.9 Å². The number of fused-ring (bicyclic) bond motifs is 2. The first kappa shape index (κ1) is 12.1. The first-order valence-electron chi connectivity index (χ1n) is 6.32. The van der Waals surface area contributed by atoms with Gasteiger partial charge in [-0.2, -0.15) is 0 Å². The average molecular weight is 307 g/mol. The minimum atomic E-state index is 0.383. The van der Waals surface area contributed by atoms with Crippen LogP contribution in [-0.2, 0) is 0 Å². The number of rotatable bonds is 2. The van der Waals surface area contributed by atoms with Crippen LogP contribution in [0.25, 0.3) is 22.7 Å². The molecule has 0 aliphatic carbocycles. The fraction of sp³-hybridized carbons (Fsp3) is 0.231. The molecule has 5 nitrogen and oxygen atoms in total. The molecule has 1 aliphatic rings. The highest BCUT2D eigenvalue weighted by atomic mass is 35.5. The average Bonchev–Trinajstić information content (AvgIpc) is 3.08. The van der Waals surface area contributed by atoms with E-state index in [4.69, 9.17) is 16.0 Å². The number of aromatic nitrogens is 3. The maximum Gasteiger partial charge on any atom is 0.247 e. The molecule has 0 saturated carbocycles. The number of nitrogens with zero attached hydrogens (tertiary/aromatic N) is 3. The summed E-state index contributed by atoms with van der Waals surface area (Å²) in [5, 5.41) is 1.96. The molecule has 0 bridgehead atoms. The van der Waals surface area contributed by atoms with E-state index in [2.05, 4.69) is 22.3 Å². The quantitative estimate of drug-likeness (QED) is 0.782. The lowest BCUT2D eigenvalue weighted by Crippen LogP contribution is -2.16. The van der Waals surface area contributed by atoms with Crippen molar-refractivity contribution < 1.29 is 4.42 Å². The highest BCUT2D eigenvalue weighted by molar-refractivity contribution is 8.00. The Morgan fingerprint density at radius 2 is 2.35 bits per heavy atom. The Labute approximate surface area is 124 Å². The third kappa shape index (κ3) is 1.87. The van der Waals surface area contributed by atoms with Gasteiger partial charge < -0.3 is 9.84 Å². The fourth-order valence-electron chi connectivity index (χ4n) is 2.13. The molecule has 3 aromatic rings. The summed E-state index contributed by atoms with van der Waals surface area (Å²) in [5.41, 5.74) is 5.52. The molecule has 7 heteroatoms. The molecule has 2 aromatic heterocycles. The van der Waals surface area contributed by atoms with Gasteiger partial charge in [-0.15, -0.1) is 0 Å². The van der Waals surface area contributed by atoms with Gasteiger partial charge in [-0.25, -0.2) is 14.6 Å². The molecule has 1 atom stereocenters. The normalized spacial score (nSPS) is 17.4. The molecular weight excluding hydrogens is 296 g/mol. The summed E-state index contributed by atoms with van der Waals surface area (Å²) in [7, 11) is 0. The van der Waals surface area contributed by atoms with Gasteiger partial charge in [0.15, 0.2) is 10.7 Å². The molecule has 1 N–H and O–H groups in total. The monoisotopic (exact) mass is 306 g/mol. The largest absolute Gasteiger partial charge is 0.435 e. The van der Waals surface area contributed by atoms with Gasteiger partial charge in [-0.05, 0) is 18.6 Å². The lowest BCUT2D eigenvalue weighted by Gasteiger charge is -2.05. The van der Waals surface area contributed by atoms with Crippen LogP contribution in [0.1, 0.15) is 13.3 Å². The number of thioether (sulfide) groups is 1. The third-order valence-corrected chi connectivity index (χ3v) is 4.60. The van der Waals surface area contributed by atoms with Crippen LogP contribution in [0.5, 0.6) is 0 Å². The van der Waals surface area contributed by atoms with Gasteiger partial charge >= 0.3 is 0 Å². The van der Waals surface area contributed by atoms with E-state index in [0.29, 0.717) is 21.9 Å². The first-order valence-corrected chi connectivity index (χ1v) is 7.58. The summed E-state index contributed by atoms with van der Waals surface area (Å²) < 4.78 is 7.64. The molecule has 0 amide bonds. The van der Waals surface area contributed by atoms with Gasteiger partial charge in [0.25, 0.3) is 0 Å². The van der Waals surface area contributed by atoms with Gasteiger partial charge in [0.05, 0.1) is 11.6 Å². The Bertz CT molecular complexity index is 773. The van der Waals surface area contributed by atoms with Crippen LogP contribution in [0.15, 0.2) is 34.0 Å². The lowest BCUT2D eigenvalue weighted by molar-refractivity contribution is 0.617. The number of benzene rings is 1. The summed E-state index contributed by atoms with van der Waals surface area (Å²) >= 11 is 7.66. The van der Waals surface area contributed by atoms with Gasteiger partial charge in [-0.3, -0.25) is 0 Å². The minimum Gasteiger partial charge on any atom is -0.435 e. The van der Waals surface area contributed by atoms with Gasteiger partial charge in [0.2, 0.25) is 5.89 Å². The molecule has 0 fully saturated rings. The molecule has 102 valence electrons. The first-order chi connectivity index (χ1) is 9.72. The molecule has 4 rings (SSSR count). The van der Waals surface area contributed by atoms with E-state index in [1.54, 1.807) is 23.9 Å². The van der Waals surface area contributed by atoms with Crippen molar-refractivity contribution in [3.05, 3.63) is 29.4 Å². The molecule has 1 aromatic carbocycles. The Balaban J connectivity index is 1.73. The van der Waals surface area contributed by atoms with Gasteiger partial charge in [0.1, 0.15) is 11.2 Å². The molecule has 1 unspecified atom stereocenters. The van der Waals surface area contributed by atoms with E-state index in [1.807, 2.05) is 16.9 Å². The second-order valence-corrected chi connectivity index (χ2v) is 6.16. The van der Waals surface area contributed by atoms with E-state index in [1.165, 1.54) is 0 Å². The number of halogens is 1. The van der Waals surface area contributed by atoms with Crippen molar-refractivity contribution in [3.63, 3.8) is 0 Å². The van der Waals surface area contributed by atoms with Crippen LogP contribution in [0.3, 0.4) is 0 Å². The van der Waals surface area contributed by atoms with Crippen molar-refractivity contribution in [2.24, 2.45) is 0 Å². The van der Waals surface area contributed by atoms with Crippen LogP contribution in [-0.4, -0.2) is 20.0 Å². The Kier molecular flexibility index (Phi) is 2.68. The number of oxazole rings is 1. The van der Waals surface area contributed by atoms with Gasteiger partial charge in [0, 0.05) is 11.1 Å². The van der Waals surface area contributed by atoms with E-state index >= 15 is 0 Å². The molecule has 0 spiro atoms. The van der Waals surface area contributed by atoms with Crippen LogP contribution >= 0.6 is 23.4 Å². The molecule has 3 heterocycles. The van der Waals surface area contributed by atoms with Crippen molar-refractivity contribution in [2.45, 2.75) is 23.9 Å². The van der Waals surface area contributed by atoms with Crippen LogP contribution < -0.4 is 5.43 Å². The fourth-order valence-corrected chi connectivity index (χ4v) is 3.25. The summed E-state index contributed by atoms with van der Waals surface area (Å²) in [6.45, 7) is 2.14. The van der Waals surface area contributed by atoms with Gasteiger partial charge in [-0.1, -0.05) is 30.3 Å².